The summed E-state index contributed by atoms with van der Waals surface area (Å²) in [5.74, 6) is 0. The Labute approximate surface area is 148 Å². The smallest absolute Gasteiger partial charge is 0.231 e. The zero-order chi connectivity index (χ0) is 17.4. The van der Waals surface area contributed by atoms with E-state index in [1.54, 1.807) is 24.3 Å². The highest BCUT2D eigenvalue weighted by Crippen LogP contribution is 2.25. The van der Waals surface area contributed by atoms with Crippen molar-refractivity contribution in [1.29, 1.82) is 0 Å². The van der Waals surface area contributed by atoms with E-state index in [9.17, 15) is 8.42 Å². The van der Waals surface area contributed by atoms with Crippen molar-refractivity contribution < 1.29 is 8.42 Å². The van der Waals surface area contributed by atoms with Crippen LogP contribution in [-0.4, -0.2) is 27.3 Å². The third kappa shape index (κ3) is 2.67. The second-order valence-electron chi connectivity index (χ2n) is 5.27. The number of nitrogens with zero attached hydrogens (tertiary/aromatic N) is 4. The summed E-state index contributed by atoms with van der Waals surface area (Å²) in [6, 6.07) is 16.4. The molecule has 0 fully saturated rings. The quantitative estimate of drug-likeness (QED) is 0.516. The van der Waals surface area contributed by atoms with E-state index in [1.807, 2.05) is 30.3 Å². The average Bonchev–Trinajstić information content (AvgIpc) is 3.09. The van der Waals surface area contributed by atoms with E-state index >= 15 is 0 Å². The summed E-state index contributed by atoms with van der Waals surface area (Å²) < 4.78 is 26.8. The third-order valence-electron chi connectivity index (χ3n) is 3.78. The van der Waals surface area contributed by atoms with Gasteiger partial charge in [0, 0.05) is 0 Å². The molecule has 0 aliphatic heterocycles. The minimum Gasteiger partial charge on any atom is -0.231 e. The average molecular weight is 371 g/mol. The number of fused-ring (bicyclic) bond motifs is 1. The number of benzene rings is 2. The predicted octanol–water partition coefficient (Wildman–Crippen LogP) is 3.38. The molecule has 0 unspecified atom stereocenters. The standard InChI is InChI=1S/C17H11ClN4O2S/c18-16-15-17(20-10-19-16)22(11-21-15)25(23,24)14-8-6-13(7-9-14)12-4-2-1-3-5-12/h1-11H. The fourth-order valence-corrected chi connectivity index (χ4v) is 3.94. The normalized spacial score (nSPS) is 11.7. The Kier molecular flexibility index (Phi) is 3.74. The van der Waals surface area contributed by atoms with Gasteiger partial charge in [0.05, 0.1) is 4.90 Å². The molecule has 124 valence electrons. The molecule has 0 aliphatic rings. The highest BCUT2D eigenvalue weighted by Gasteiger charge is 2.21. The van der Waals surface area contributed by atoms with Crippen LogP contribution in [0.25, 0.3) is 22.3 Å². The van der Waals surface area contributed by atoms with Gasteiger partial charge in [0.25, 0.3) is 10.0 Å². The molecule has 2 aromatic carbocycles. The van der Waals surface area contributed by atoms with Crippen LogP contribution in [0, 0.1) is 0 Å². The maximum atomic E-state index is 12.9. The maximum absolute atomic E-state index is 12.9. The van der Waals surface area contributed by atoms with Crippen LogP contribution in [0.4, 0.5) is 0 Å². The van der Waals surface area contributed by atoms with Gasteiger partial charge in [0.15, 0.2) is 10.8 Å². The molecule has 25 heavy (non-hydrogen) atoms. The molecule has 2 aromatic heterocycles. The predicted molar refractivity (Wildman–Crippen MR) is 94.8 cm³/mol. The van der Waals surface area contributed by atoms with Crippen molar-refractivity contribution in [2.24, 2.45) is 0 Å². The van der Waals surface area contributed by atoms with Gasteiger partial charge in [-0.15, -0.1) is 0 Å². The lowest BCUT2D eigenvalue weighted by atomic mass is 10.1. The van der Waals surface area contributed by atoms with E-state index < -0.39 is 10.0 Å². The molecule has 0 radical (unpaired) electrons. The summed E-state index contributed by atoms with van der Waals surface area (Å²) in [7, 11) is -3.83. The molecule has 0 N–H and O–H groups in total. The van der Waals surface area contributed by atoms with Crippen molar-refractivity contribution in [3.8, 4) is 11.1 Å². The molecule has 8 heteroatoms. The maximum Gasteiger partial charge on any atom is 0.270 e. The van der Waals surface area contributed by atoms with Crippen LogP contribution < -0.4 is 0 Å². The van der Waals surface area contributed by atoms with Crippen LogP contribution in [0.1, 0.15) is 0 Å². The van der Waals surface area contributed by atoms with E-state index in [1.165, 1.54) is 12.7 Å². The van der Waals surface area contributed by atoms with Gasteiger partial charge in [-0.2, -0.15) is 0 Å². The first kappa shape index (κ1) is 15.7. The van der Waals surface area contributed by atoms with E-state index in [0.717, 1.165) is 15.1 Å². The highest BCUT2D eigenvalue weighted by atomic mass is 35.5. The second kappa shape index (κ2) is 5.94. The largest absolute Gasteiger partial charge is 0.270 e. The Morgan fingerprint density at radius 3 is 2.24 bits per heavy atom. The summed E-state index contributed by atoms with van der Waals surface area (Å²) in [6.07, 6.45) is 2.39. The van der Waals surface area contributed by atoms with Gasteiger partial charge in [-0.05, 0) is 23.3 Å². The van der Waals surface area contributed by atoms with E-state index in [4.69, 9.17) is 11.6 Å². The Morgan fingerprint density at radius 2 is 1.52 bits per heavy atom. The van der Waals surface area contributed by atoms with Gasteiger partial charge in [0.2, 0.25) is 0 Å². The van der Waals surface area contributed by atoms with Crippen LogP contribution >= 0.6 is 11.6 Å². The molecular weight excluding hydrogens is 360 g/mol. The highest BCUT2D eigenvalue weighted by molar-refractivity contribution is 7.90. The van der Waals surface area contributed by atoms with Crippen molar-refractivity contribution in [2.75, 3.05) is 0 Å². The molecule has 4 rings (SSSR count). The van der Waals surface area contributed by atoms with E-state index in [0.29, 0.717) is 0 Å². The fourth-order valence-electron chi connectivity index (χ4n) is 2.53. The lowest BCUT2D eigenvalue weighted by Crippen LogP contribution is -2.12. The third-order valence-corrected chi connectivity index (χ3v) is 5.71. The zero-order valence-electron chi connectivity index (χ0n) is 12.7. The van der Waals surface area contributed by atoms with Crippen molar-refractivity contribution in [2.45, 2.75) is 4.90 Å². The Morgan fingerprint density at radius 1 is 0.840 bits per heavy atom. The van der Waals surface area contributed by atoms with Crippen LogP contribution in [0.3, 0.4) is 0 Å². The van der Waals surface area contributed by atoms with Crippen molar-refractivity contribution in [1.82, 2.24) is 18.9 Å². The van der Waals surface area contributed by atoms with Gasteiger partial charge in [0.1, 0.15) is 18.2 Å². The van der Waals surface area contributed by atoms with Crippen LogP contribution in [-0.2, 0) is 10.0 Å². The summed E-state index contributed by atoms with van der Waals surface area (Å²) in [6.45, 7) is 0. The van der Waals surface area contributed by atoms with Gasteiger partial charge >= 0.3 is 0 Å². The summed E-state index contributed by atoms with van der Waals surface area (Å²) in [4.78, 5) is 11.9. The van der Waals surface area contributed by atoms with Crippen molar-refractivity contribution >= 4 is 32.8 Å². The monoisotopic (exact) mass is 370 g/mol. The number of halogens is 1. The fraction of sp³-hybridized carbons (Fsp3) is 0. The van der Waals surface area contributed by atoms with E-state index in [2.05, 4.69) is 15.0 Å². The number of imidazole rings is 1. The summed E-state index contributed by atoms with van der Waals surface area (Å²) in [5.41, 5.74) is 2.33. The van der Waals surface area contributed by atoms with Crippen LogP contribution in [0.15, 0.2) is 72.1 Å². The SMILES string of the molecule is O=S(=O)(c1ccc(-c2ccccc2)cc1)n1cnc2c(Cl)ncnc21. The number of hydrogen-bond donors (Lipinski definition) is 0. The number of aromatic nitrogens is 4. The van der Waals surface area contributed by atoms with E-state index in [-0.39, 0.29) is 21.2 Å². The van der Waals surface area contributed by atoms with Crippen LogP contribution in [0.5, 0.6) is 0 Å². The molecule has 2 heterocycles. The van der Waals surface area contributed by atoms with Gasteiger partial charge in [-0.25, -0.2) is 27.3 Å². The second-order valence-corrected chi connectivity index (χ2v) is 7.45. The first-order valence-corrected chi connectivity index (χ1v) is 9.14. The van der Waals surface area contributed by atoms with Crippen molar-refractivity contribution in [3.63, 3.8) is 0 Å². The molecule has 0 atom stereocenters. The number of rotatable bonds is 3. The Hall–Kier alpha value is -2.77. The Bertz CT molecular complexity index is 1160. The molecule has 4 aromatic rings. The minimum atomic E-state index is -3.83. The molecule has 0 aliphatic carbocycles. The first-order chi connectivity index (χ1) is 12.1. The summed E-state index contributed by atoms with van der Waals surface area (Å²) in [5, 5.41) is 0.110. The van der Waals surface area contributed by atoms with Crippen LogP contribution in [0.2, 0.25) is 5.15 Å². The molecule has 0 saturated heterocycles. The summed E-state index contributed by atoms with van der Waals surface area (Å²) >= 11 is 5.93. The molecule has 0 saturated carbocycles. The number of hydrogen-bond acceptors (Lipinski definition) is 5. The molecule has 0 spiro atoms. The molecule has 6 nitrogen and oxygen atoms in total. The van der Waals surface area contributed by atoms with Gasteiger partial charge in [-0.3, -0.25) is 0 Å². The Balaban J connectivity index is 1.79. The topological polar surface area (TPSA) is 77.7 Å². The van der Waals surface area contributed by atoms with Gasteiger partial charge < -0.3 is 0 Å². The lowest BCUT2D eigenvalue weighted by Gasteiger charge is -2.07. The molecular formula is C17H11ClN4O2S. The zero-order valence-corrected chi connectivity index (χ0v) is 14.3. The minimum absolute atomic E-state index is 0.110. The lowest BCUT2D eigenvalue weighted by molar-refractivity contribution is 0.588. The molecule has 0 bridgehead atoms. The first-order valence-electron chi connectivity index (χ1n) is 7.32. The van der Waals surface area contributed by atoms with Crippen molar-refractivity contribution in [3.05, 3.63) is 72.4 Å². The molecule has 0 amide bonds. The van der Waals surface area contributed by atoms with Gasteiger partial charge in [-0.1, -0.05) is 54.1 Å².